The summed E-state index contributed by atoms with van der Waals surface area (Å²) in [7, 11) is 0. The van der Waals surface area contributed by atoms with Gasteiger partial charge in [0.2, 0.25) is 5.91 Å². The molecule has 0 saturated heterocycles. The highest BCUT2D eigenvalue weighted by molar-refractivity contribution is 5.91. The summed E-state index contributed by atoms with van der Waals surface area (Å²) < 4.78 is 0. The Morgan fingerprint density at radius 3 is 2.11 bits per heavy atom. The van der Waals surface area contributed by atoms with Gasteiger partial charge < -0.3 is 10.0 Å². The summed E-state index contributed by atoms with van der Waals surface area (Å²) >= 11 is 0. The first kappa shape index (κ1) is 12.2. The molecule has 100 valence electrons. The maximum absolute atomic E-state index is 12.5. The third-order valence-corrected chi connectivity index (χ3v) is 4.51. The maximum Gasteiger partial charge on any atom is 0.307 e. The summed E-state index contributed by atoms with van der Waals surface area (Å²) in [4.78, 5) is 25.4. The van der Waals surface area contributed by atoms with Gasteiger partial charge in [-0.3, -0.25) is 9.59 Å². The highest BCUT2D eigenvalue weighted by atomic mass is 16.4. The van der Waals surface area contributed by atoms with Gasteiger partial charge in [0.15, 0.2) is 0 Å². The average molecular weight is 259 g/mol. The van der Waals surface area contributed by atoms with Crippen LogP contribution in [0, 0.1) is 17.3 Å². The lowest BCUT2D eigenvalue weighted by molar-refractivity contribution is -0.142. The minimum atomic E-state index is -0.861. The quantitative estimate of drug-likeness (QED) is 0.882. The molecule has 1 fully saturated rings. The van der Waals surface area contributed by atoms with E-state index in [0.717, 1.165) is 0 Å². The summed E-state index contributed by atoms with van der Waals surface area (Å²) in [5.41, 5.74) is 1.92. The van der Waals surface area contributed by atoms with Crippen molar-refractivity contribution in [1.29, 1.82) is 0 Å². The number of hydrogen-bond donors (Lipinski definition) is 1. The number of carboxylic acid groups (broad SMARTS) is 1. The second-order valence-electron chi connectivity index (χ2n) is 6.08. The number of hydrogen-bond acceptors (Lipinski definition) is 2. The van der Waals surface area contributed by atoms with Gasteiger partial charge in [-0.2, -0.15) is 0 Å². The Balaban J connectivity index is 1.77. The van der Waals surface area contributed by atoms with E-state index in [4.69, 9.17) is 5.11 Å². The largest absolute Gasteiger partial charge is 0.481 e. The van der Waals surface area contributed by atoms with Crippen molar-refractivity contribution in [3.8, 4) is 0 Å². The highest BCUT2D eigenvalue weighted by Crippen LogP contribution is 2.59. The number of carbonyl (C=O) groups excluding carboxylic acids is 1. The molecular formula is C15H17NO3. The standard InChI is InChI=1S/C15H17NO3/c1-15(2)11(12(15)14(18)19)13(17)16-7-9-5-3-4-6-10(9)8-16/h3-6,11-12H,7-8H2,1-2H3,(H,18,19). The van der Waals surface area contributed by atoms with Crippen molar-refractivity contribution >= 4 is 11.9 Å². The van der Waals surface area contributed by atoms with Gasteiger partial charge in [-0.05, 0) is 16.5 Å². The normalized spacial score (nSPS) is 26.9. The highest BCUT2D eigenvalue weighted by Gasteiger charge is 2.66. The van der Waals surface area contributed by atoms with Gasteiger partial charge >= 0.3 is 5.97 Å². The first-order valence-corrected chi connectivity index (χ1v) is 6.51. The molecule has 4 heteroatoms. The van der Waals surface area contributed by atoms with Gasteiger partial charge in [0.25, 0.3) is 0 Å². The lowest BCUT2D eigenvalue weighted by Gasteiger charge is -2.16. The van der Waals surface area contributed by atoms with E-state index < -0.39 is 17.3 Å². The van der Waals surface area contributed by atoms with E-state index >= 15 is 0 Å². The minimum absolute atomic E-state index is 0.0198. The van der Waals surface area contributed by atoms with Crippen LogP contribution in [0.15, 0.2) is 24.3 Å². The van der Waals surface area contributed by atoms with E-state index in [1.165, 1.54) is 11.1 Å². The molecule has 4 nitrogen and oxygen atoms in total. The number of carboxylic acids is 1. The maximum atomic E-state index is 12.5. The van der Waals surface area contributed by atoms with Gasteiger partial charge in [-0.15, -0.1) is 0 Å². The van der Waals surface area contributed by atoms with Crippen LogP contribution in [-0.4, -0.2) is 21.9 Å². The Hall–Kier alpha value is -1.84. The van der Waals surface area contributed by atoms with Crippen LogP contribution in [-0.2, 0) is 22.7 Å². The molecule has 0 spiro atoms. The molecule has 2 aliphatic rings. The van der Waals surface area contributed by atoms with E-state index in [0.29, 0.717) is 13.1 Å². The first-order chi connectivity index (χ1) is 8.93. The fraction of sp³-hybridized carbons (Fsp3) is 0.467. The van der Waals surface area contributed by atoms with E-state index in [9.17, 15) is 9.59 Å². The molecule has 1 aromatic carbocycles. The number of aliphatic carboxylic acids is 1. The van der Waals surface area contributed by atoms with Crippen molar-refractivity contribution in [3.05, 3.63) is 35.4 Å². The second kappa shape index (κ2) is 3.83. The lowest BCUT2D eigenvalue weighted by atomic mass is 10.1. The number of benzene rings is 1. The predicted octanol–water partition coefficient (Wildman–Crippen LogP) is 1.89. The molecule has 0 bridgehead atoms. The first-order valence-electron chi connectivity index (χ1n) is 6.51. The van der Waals surface area contributed by atoms with Crippen LogP contribution in [0.1, 0.15) is 25.0 Å². The van der Waals surface area contributed by atoms with Gasteiger partial charge in [0, 0.05) is 13.1 Å². The van der Waals surface area contributed by atoms with Gasteiger partial charge in [-0.25, -0.2) is 0 Å². The zero-order valence-electron chi connectivity index (χ0n) is 11.1. The molecule has 1 saturated carbocycles. The Morgan fingerprint density at radius 1 is 1.16 bits per heavy atom. The molecule has 1 aliphatic carbocycles. The smallest absolute Gasteiger partial charge is 0.307 e. The molecule has 2 atom stereocenters. The molecular weight excluding hydrogens is 242 g/mol. The third kappa shape index (κ3) is 1.74. The van der Waals surface area contributed by atoms with Crippen molar-refractivity contribution in [1.82, 2.24) is 4.90 Å². The van der Waals surface area contributed by atoms with Crippen LogP contribution < -0.4 is 0 Å². The Labute approximate surface area is 112 Å². The van der Waals surface area contributed by atoms with Crippen LogP contribution in [0.25, 0.3) is 0 Å². The minimum Gasteiger partial charge on any atom is -0.481 e. The van der Waals surface area contributed by atoms with Gasteiger partial charge in [0.1, 0.15) is 0 Å². The molecule has 1 aromatic rings. The van der Waals surface area contributed by atoms with Gasteiger partial charge in [-0.1, -0.05) is 38.1 Å². The number of rotatable bonds is 2. The number of carbonyl (C=O) groups is 2. The second-order valence-corrected chi connectivity index (χ2v) is 6.08. The Kier molecular flexibility index (Phi) is 2.46. The molecule has 1 aliphatic heterocycles. The summed E-state index contributed by atoms with van der Waals surface area (Å²) in [6, 6.07) is 7.98. The van der Waals surface area contributed by atoms with Crippen molar-refractivity contribution in [2.24, 2.45) is 17.3 Å². The van der Waals surface area contributed by atoms with Crippen molar-refractivity contribution < 1.29 is 14.7 Å². The average Bonchev–Trinajstić information content (AvgIpc) is 2.73. The van der Waals surface area contributed by atoms with E-state index in [-0.39, 0.29) is 11.8 Å². The van der Waals surface area contributed by atoms with Crippen LogP contribution in [0.2, 0.25) is 0 Å². The third-order valence-electron chi connectivity index (χ3n) is 4.51. The summed E-state index contributed by atoms with van der Waals surface area (Å²) in [5.74, 6) is -1.79. The van der Waals surface area contributed by atoms with Crippen molar-refractivity contribution in [2.75, 3.05) is 0 Å². The number of fused-ring (bicyclic) bond motifs is 1. The lowest BCUT2D eigenvalue weighted by Crippen LogP contribution is -2.28. The molecule has 1 heterocycles. The number of amides is 1. The Morgan fingerprint density at radius 2 is 1.68 bits per heavy atom. The van der Waals surface area contributed by atoms with Gasteiger partial charge in [0.05, 0.1) is 11.8 Å². The zero-order valence-corrected chi connectivity index (χ0v) is 11.1. The van der Waals surface area contributed by atoms with Crippen LogP contribution in [0.3, 0.4) is 0 Å². The Bertz CT molecular complexity index is 539. The van der Waals surface area contributed by atoms with Crippen molar-refractivity contribution in [2.45, 2.75) is 26.9 Å². The van der Waals surface area contributed by atoms with E-state index in [1.807, 2.05) is 38.1 Å². The summed E-state index contributed by atoms with van der Waals surface area (Å²) in [5, 5.41) is 9.15. The zero-order chi connectivity index (χ0) is 13.8. The predicted molar refractivity (Wildman–Crippen MR) is 69.1 cm³/mol. The topological polar surface area (TPSA) is 57.6 Å². The summed E-state index contributed by atoms with van der Waals surface area (Å²) in [6.07, 6.45) is 0. The SMILES string of the molecule is CC1(C)C(C(=O)O)C1C(=O)N1Cc2ccccc2C1. The molecule has 1 N–H and O–H groups in total. The molecule has 0 aromatic heterocycles. The van der Waals surface area contributed by atoms with Crippen molar-refractivity contribution in [3.63, 3.8) is 0 Å². The molecule has 1 amide bonds. The molecule has 0 radical (unpaired) electrons. The fourth-order valence-corrected chi connectivity index (χ4v) is 3.25. The monoisotopic (exact) mass is 259 g/mol. The van der Waals surface area contributed by atoms with E-state index in [1.54, 1.807) is 4.90 Å². The fourth-order valence-electron chi connectivity index (χ4n) is 3.25. The number of nitrogens with zero attached hydrogens (tertiary/aromatic N) is 1. The van der Waals surface area contributed by atoms with Crippen LogP contribution in [0.4, 0.5) is 0 Å². The van der Waals surface area contributed by atoms with Crippen LogP contribution in [0.5, 0.6) is 0 Å². The van der Waals surface area contributed by atoms with Crippen LogP contribution >= 0.6 is 0 Å². The van der Waals surface area contributed by atoms with E-state index in [2.05, 4.69) is 0 Å². The molecule has 3 rings (SSSR count). The summed E-state index contributed by atoms with van der Waals surface area (Å²) in [6.45, 7) is 4.93. The molecule has 2 unspecified atom stereocenters. The molecule has 19 heavy (non-hydrogen) atoms.